The molecule has 2 N–H and O–H groups in total. The number of carboxylic acid groups (broad SMARTS) is 1. The molecule has 0 fully saturated rings. The second kappa shape index (κ2) is 6.01. The second-order valence-corrected chi connectivity index (χ2v) is 6.47. The maximum absolute atomic E-state index is 12.0. The summed E-state index contributed by atoms with van der Waals surface area (Å²) >= 11 is 1.50. The number of aryl methyl sites for hydroxylation is 1. The highest BCUT2D eigenvalue weighted by Gasteiger charge is 2.28. The van der Waals surface area contributed by atoms with Crippen molar-refractivity contribution in [1.29, 1.82) is 0 Å². The zero-order valence-electron chi connectivity index (χ0n) is 11.6. The van der Waals surface area contributed by atoms with Crippen LogP contribution in [0.15, 0.2) is 6.20 Å². The Morgan fingerprint density at radius 3 is 2.53 bits per heavy atom. The lowest BCUT2D eigenvalue weighted by Gasteiger charge is -2.34. The molecule has 0 aromatic carbocycles. The number of carbonyl (C=O) groups is 2. The van der Waals surface area contributed by atoms with Gasteiger partial charge in [0.05, 0.1) is 11.6 Å². The molecule has 0 atom stereocenters. The van der Waals surface area contributed by atoms with Crippen molar-refractivity contribution in [2.24, 2.45) is 0 Å². The number of urea groups is 1. The Morgan fingerprint density at radius 2 is 2.11 bits per heavy atom. The molecule has 0 saturated heterocycles. The molecule has 0 bridgehead atoms. The standard InChI is InChI=1S/C12H19N3O3S/c1-8-13-5-9(19-8)6-14-11(18)15(7-10(16)17)12(2,3)4/h5H,6-7H2,1-4H3,(H,14,18)(H,16,17). The van der Waals surface area contributed by atoms with Gasteiger partial charge >= 0.3 is 12.0 Å². The van der Waals surface area contributed by atoms with Gasteiger partial charge in [-0.3, -0.25) is 4.79 Å². The van der Waals surface area contributed by atoms with Gasteiger partial charge in [-0.15, -0.1) is 11.3 Å². The molecule has 0 aliphatic rings. The van der Waals surface area contributed by atoms with Crippen LogP contribution in [0.5, 0.6) is 0 Å². The number of carboxylic acids is 1. The first kappa shape index (κ1) is 15.4. The van der Waals surface area contributed by atoms with Crippen LogP contribution in [0.2, 0.25) is 0 Å². The maximum atomic E-state index is 12.0. The summed E-state index contributed by atoms with van der Waals surface area (Å²) < 4.78 is 0. The average molecular weight is 285 g/mol. The summed E-state index contributed by atoms with van der Waals surface area (Å²) in [5.74, 6) is -1.03. The van der Waals surface area contributed by atoms with E-state index in [1.807, 2.05) is 6.92 Å². The van der Waals surface area contributed by atoms with E-state index in [2.05, 4.69) is 10.3 Å². The first-order valence-electron chi connectivity index (χ1n) is 5.88. The zero-order chi connectivity index (χ0) is 14.6. The molecule has 1 heterocycles. The Labute approximate surface area is 116 Å². The lowest BCUT2D eigenvalue weighted by atomic mass is 10.1. The predicted molar refractivity (Wildman–Crippen MR) is 73.2 cm³/mol. The van der Waals surface area contributed by atoms with Gasteiger partial charge in [0.1, 0.15) is 6.54 Å². The second-order valence-electron chi connectivity index (χ2n) is 5.16. The summed E-state index contributed by atoms with van der Waals surface area (Å²) in [6, 6.07) is -0.388. The number of hydrogen-bond acceptors (Lipinski definition) is 4. The van der Waals surface area contributed by atoms with Crippen molar-refractivity contribution in [3.05, 3.63) is 16.1 Å². The Kier molecular flexibility index (Phi) is 4.88. The van der Waals surface area contributed by atoms with Crippen LogP contribution in [-0.2, 0) is 11.3 Å². The van der Waals surface area contributed by atoms with Crippen molar-refractivity contribution in [2.45, 2.75) is 39.8 Å². The van der Waals surface area contributed by atoms with Crippen LogP contribution in [-0.4, -0.2) is 39.1 Å². The summed E-state index contributed by atoms with van der Waals surface area (Å²) in [4.78, 5) is 29.2. The molecular weight excluding hydrogens is 266 g/mol. The third-order valence-electron chi connectivity index (χ3n) is 2.43. The van der Waals surface area contributed by atoms with Crippen LogP contribution >= 0.6 is 11.3 Å². The van der Waals surface area contributed by atoms with E-state index in [-0.39, 0.29) is 12.6 Å². The number of hydrogen-bond donors (Lipinski definition) is 2. The molecule has 7 heteroatoms. The Balaban J connectivity index is 2.64. The molecule has 0 aliphatic heterocycles. The molecule has 0 saturated carbocycles. The van der Waals surface area contributed by atoms with Gasteiger partial charge in [-0.1, -0.05) is 0 Å². The largest absolute Gasteiger partial charge is 0.480 e. The summed E-state index contributed by atoms with van der Waals surface area (Å²) in [5, 5.41) is 12.5. The number of rotatable bonds is 4. The van der Waals surface area contributed by atoms with Gasteiger partial charge in [0.15, 0.2) is 0 Å². The molecule has 1 rings (SSSR count). The fourth-order valence-electron chi connectivity index (χ4n) is 1.49. The van der Waals surface area contributed by atoms with E-state index < -0.39 is 11.5 Å². The summed E-state index contributed by atoms with van der Waals surface area (Å²) in [5.41, 5.74) is -0.550. The summed E-state index contributed by atoms with van der Waals surface area (Å²) in [6.45, 7) is 7.32. The molecular formula is C12H19N3O3S. The molecule has 6 nitrogen and oxygen atoms in total. The van der Waals surface area contributed by atoms with E-state index in [1.54, 1.807) is 27.0 Å². The minimum Gasteiger partial charge on any atom is -0.480 e. The zero-order valence-corrected chi connectivity index (χ0v) is 12.4. The number of amides is 2. The number of nitrogens with zero attached hydrogens (tertiary/aromatic N) is 2. The number of aromatic nitrogens is 1. The predicted octanol–water partition coefficient (Wildman–Crippen LogP) is 1.85. The van der Waals surface area contributed by atoms with Gasteiger partial charge in [-0.05, 0) is 27.7 Å². The van der Waals surface area contributed by atoms with Crippen LogP contribution < -0.4 is 5.32 Å². The number of nitrogens with one attached hydrogen (secondary N) is 1. The highest BCUT2D eigenvalue weighted by molar-refractivity contribution is 7.11. The molecule has 2 amide bonds. The molecule has 0 spiro atoms. The van der Waals surface area contributed by atoms with Crippen LogP contribution in [0.3, 0.4) is 0 Å². The molecule has 1 aromatic rings. The van der Waals surface area contributed by atoms with Crippen LogP contribution in [0.1, 0.15) is 30.7 Å². The lowest BCUT2D eigenvalue weighted by Crippen LogP contribution is -2.52. The van der Waals surface area contributed by atoms with Gasteiger partial charge in [0.2, 0.25) is 0 Å². The molecule has 0 unspecified atom stereocenters. The monoisotopic (exact) mass is 285 g/mol. The van der Waals surface area contributed by atoms with E-state index in [9.17, 15) is 9.59 Å². The molecule has 19 heavy (non-hydrogen) atoms. The summed E-state index contributed by atoms with van der Waals surface area (Å²) in [6.07, 6.45) is 1.71. The van der Waals surface area contributed by atoms with E-state index in [0.29, 0.717) is 6.54 Å². The highest BCUT2D eigenvalue weighted by Crippen LogP contribution is 2.14. The quantitative estimate of drug-likeness (QED) is 0.884. The van der Waals surface area contributed by atoms with Crippen molar-refractivity contribution >= 4 is 23.3 Å². The molecule has 0 aliphatic carbocycles. The van der Waals surface area contributed by atoms with Crippen molar-refractivity contribution in [1.82, 2.24) is 15.2 Å². The van der Waals surface area contributed by atoms with Gasteiger partial charge in [0.25, 0.3) is 0 Å². The van der Waals surface area contributed by atoms with Gasteiger partial charge in [-0.25, -0.2) is 9.78 Å². The number of thiazole rings is 1. The van der Waals surface area contributed by atoms with Crippen LogP contribution in [0.25, 0.3) is 0 Å². The van der Waals surface area contributed by atoms with Crippen LogP contribution in [0.4, 0.5) is 4.79 Å². The third kappa shape index (κ3) is 4.86. The van der Waals surface area contributed by atoms with E-state index >= 15 is 0 Å². The summed E-state index contributed by atoms with van der Waals surface area (Å²) in [7, 11) is 0. The Hall–Kier alpha value is -1.63. The SMILES string of the molecule is Cc1ncc(CNC(=O)N(CC(=O)O)C(C)(C)C)s1. The first-order chi connectivity index (χ1) is 8.70. The fraction of sp³-hybridized carbons (Fsp3) is 0.583. The van der Waals surface area contributed by atoms with Crippen molar-refractivity contribution in [3.63, 3.8) is 0 Å². The molecule has 106 valence electrons. The Morgan fingerprint density at radius 1 is 1.47 bits per heavy atom. The van der Waals surface area contributed by atoms with E-state index in [0.717, 1.165) is 9.88 Å². The average Bonchev–Trinajstić information content (AvgIpc) is 2.67. The van der Waals surface area contributed by atoms with E-state index in [4.69, 9.17) is 5.11 Å². The normalized spacial score (nSPS) is 11.2. The smallest absolute Gasteiger partial charge is 0.323 e. The van der Waals surface area contributed by atoms with Gasteiger partial charge in [0, 0.05) is 16.6 Å². The van der Waals surface area contributed by atoms with Crippen molar-refractivity contribution in [3.8, 4) is 0 Å². The van der Waals surface area contributed by atoms with Crippen molar-refractivity contribution in [2.75, 3.05) is 6.54 Å². The highest BCUT2D eigenvalue weighted by atomic mass is 32.1. The fourth-order valence-corrected chi connectivity index (χ4v) is 2.23. The Bertz CT molecular complexity index is 465. The lowest BCUT2D eigenvalue weighted by molar-refractivity contribution is -0.138. The van der Waals surface area contributed by atoms with Gasteiger partial charge < -0.3 is 15.3 Å². The number of carbonyl (C=O) groups excluding carboxylic acids is 1. The third-order valence-corrected chi connectivity index (χ3v) is 3.34. The molecule has 1 aromatic heterocycles. The first-order valence-corrected chi connectivity index (χ1v) is 6.70. The minimum absolute atomic E-state index is 0.322. The van der Waals surface area contributed by atoms with E-state index in [1.165, 1.54) is 16.2 Å². The van der Waals surface area contributed by atoms with Crippen molar-refractivity contribution < 1.29 is 14.7 Å². The minimum atomic E-state index is -1.03. The number of aliphatic carboxylic acids is 1. The molecule has 0 radical (unpaired) electrons. The van der Waals surface area contributed by atoms with Gasteiger partial charge in [-0.2, -0.15) is 0 Å². The topological polar surface area (TPSA) is 82.5 Å². The maximum Gasteiger partial charge on any atom is 0.323 e. The van der Waals surface area contributed by atoms with Crippen LogP contribution in [0, 0.1) is 6.92 Å².